The summed E-state index contributed by atoms with van der Waals surface area (Å²) in [7, 11) is 0. The van der Waals surface area contributed by atoms with Crippen molar-refractivity contribution in [2.45, 2.75) is 37.3 Å². The van der Waals surface area contributed by atoms with Crippen LogP contribution in [0.5, 0.6) is 5.75 Å². The fourth-order valence-electron chi connectivity index (χ4n) is 5.55. The average Bonchev–Trinajstić information content (AvgIpc) is 3.38. The van der Waals surface area contributed by atoms with Crippen LogP contribution in [0.1, 0.15) is 30.1 Å². The summed E-state index contributed by atoms with van der Waals surface area (Å²) >= 11 is 0. The molecule has 0 bridgehead atoms. The summed E-state index contributed by atoms with van der Waals surface area (Å²) in [5, 5.41) is 11.8. The van der Waals surface area contributed by atoms with Gasteiger partial charge in [-0.25, -0.2) is 0 Å². The first-order valence-corrected chi connectivity index (χ1v) is 10.6. The number of aromatic hydroxyl groups is 1. The summed E-state index contributed by atoms with van der Waals surface area (Å²) in [4.78, 5) is 17.2. The van der Waals surface area contributed by atoms with Crippen molar-refractivity contribution in [2.75, 3.05) is 13.1 Å². The number of carbonyl (C=O) groups excluding carboxylic acids is 1. The molecule has 5 nitrogen and oxygen atoms in total. The molecule has 30 heavy (non-hydrogen) atoms. The van der Waals surface area contributed by atoms with Crippen LogP contribution in [0.25, 0.3) is 10.8 Å². The molecule has 0 aliphatic carbocycles. The minimum atomic E-state index is -0.486. The van der Waals surface area contributed by atoms with Crippen molar-refractivity contribution in [1.29, 1.82) is 0 Å². The van der Waals surface area contributed by atoms with Crippen molar-refractivity contribution in [2.24, 2.45) is 0 Å². The number of phenols is 1. The fraction of sp³-hybridized carbons (Fsp3) is 0.320. The zero-order chi connectivity index (χ0) is 20.3. The fourth-order valence-corrected chi connectivity index (χ4v) is 5.55. The van der Waals surface area contributed by atoms with E-state index in [1.54, 1.807) is 12.1 Å². The molecule has 3 atom stereocenters. The second-order valence-electron chi connectivity index (χ2n) is 8.67. The molecule has 3 heterocycles. The predicted molar refractivity (Wildman–Crippen MR) is 114 cm³/mol. The molecule has 6 rings (SSSR count). The summed E-state index contributed by atoms with van der Waals surface area (Å²) in [6.07, 6.45) is 1.34. The third-order valence-corrected chi connectivity index (χ3v) is 6.98. The van der Waals surface area contributed by atoms with Crippen LogP contribution in [0.2, 0.25) is 0 Å². The SMILES string of the molecule is O=C1C[C@H]2N(Cc3ccc4cc(O)ccc4c3)CC[C@]23O[C@@H](c2ccccc2)CN13. The average molecular weight is 400 g/mol. The van der Waals surface area contributed by atoms with E-state index in [9.17, 15) is 9.90 Å². The van der Waals surface area contributed by atoms with Crippen molar-refractivity contribution in [3.05, 3.63) is 77.9 Å². The lowest BCUT2D eigenvalue weighted by molar-refractivity contribution is -0.138. The predicted octanol–water partition coefficient (Wildman–Crippen LogP) is 3.82. The molecule has 1 spiro atoms. The number of amides is 1. The molecule has 1 N–H and O–H groups in total. The summed E-state index contributed by atoms with van der Waals surface area (Å²) in [6.45, 7) is 2.36. The Morgan fingerprint density at radius 2 is 1.83 bits per heavy atom. The van der Waals surface area contributed by atoms with Gasteiger partial charge in [-0.3, -0.25) is 9.69 Å². The van der Waals surface area contributed by atoms with Crippen molar-refractivity contribution in [1.82, 2.24) is 9.80 Å². The van der Waals surface area contributed by atoms with Crippen LogP contribution >= 0.6 is 0 Å². The molecular formula is C25H24N2O3. The maximum atomic E-state index is 12.8. The number of rotatable bonds is 3. The van der Waals surface area contributed by atoms with Crippen LogP contribution in [0.4, 0.5) is 0 Å². The number of hydrogen-bond acceptors (Lipinski definition) is 4. The number of nitrogens with zero attached hydrogens (tertiary/aromatic N) is 2. The largest absolute Gasteiger partial charge is 0.508 e. The van der Waals surface area contributed by atoms with Gasteiger partial charge in [-0.2, -0.15) is 0 Å². The first-order chi connectivity index (χ1) is 14.6. The van der Waals surface area contributed by atoms with Crippen molar-refractivity contribution in [3.63, 3.8) is 0 Å². The number of ether oxygens (including phenoxy) is 1. The van der Waals surface area contributed by atoms with E-state index in [1.807, 2.05) is 29.2 Å². The lowest BCUT2D eigenvalue weighted by atomic mass is 10.0. The van der Waals surface area contributed by atoms with Gasteiger partial charge in [0.2, 0.25) is 5.91 Å². The van der Waals surface area contributed by atoms with Gasteiger partial charge in [0.25, 0.3) is 0 Å². The zero-order valence-electron chi connectivity index (χ0n) is 16.7. The quantitative estimate of drug-likeness (QED) is 0.726. The Balaban J connectivity index is 1.26. The number of benzene rings is 3. The first-order valence-electron chi connectivity index (χ1n) is 10.6. The van der Waals surface area contributed by atoms with E-state index in [0.29, 0.717) is 13.0 Å². The minimum absolute atomic E-state index is 0.0498. The third kappa shape index (κ3) is 2.66. The highest BCUT2D eigenvalue weighted by Gasteiger charge is 2.63. The van der Waals surface area contributed by atoms with Gasteiger partial charge in [0.05, 0.1) is 12.6 Å². The maximum Gasteiger partial charge on any atom is 0.226 e. The number of likely N-dealkylation sites (tertiary alicyclic amines) is 1. The molecular weight excluding hydrogens is 376 g/mol. The Morgan fingerprint density at radius 3 is 2.70 bits per heavy atom. The van der Waals surface area contributed by atoms with Gasteiger partial charge in [-0.15, -0.1) is 0 Å². The van der Waals surface area contributed by atoms with Crippen LogP contribution < -0.4 is 0 Å². The summed E-state index contributed by atoms with van der Waals surface area (Å²) in [5.41, 5.74) is 1.87. The number of phenolic OH excluding ortho intramolecular Hbond substituents is 1. The van der Waals surface area contributed by atoms with E-state index in [4.69, 9.17) is 4.74 Å². The standard InChI is InChI=1S/C25H24N2O3/c28-21-9-8-19-12-17(6-7-20(19)13-21)15-26-11-10-25-23(26)14-24(29)27(25)16-22(30-25)18-4-2-1-3-5-18/h1-9,12-13,22-23,28H,10-11,14-16H2/t22-,23-,25+/m1/s1. The molecule has 3 aromatic carbocycles. The lowest BCUT2D eigenvalue weighted by Gasteiger charge is -2.32. The number of carbonyl (C=O) groups is 1. The molecule has 0 aromatic heterocycles. The highest BCUT2D eigenvalue weighted by Crippen LogP contribution is 2.50. The molecule has 152 valence electrons. The highest BCUT2D eigenvalue weighted by molar-refractivity contribution is 5.84. The van der Waals surface area contributed by atoms with E-state index in [2.05, 4.69) is 35.2 Å². The molecule has 1 amide bonds. The van der Waals surface area contributed by atoms with Gasteiger partial charge < -0.3 is 14.7 Å². The van der Waals surface area contributed by atoms with Crippen LogP contribution in [-0.2, 0) is 16.1 Å². The second kappa shape index (κ2) is 6.56. The van der Waals surface area contributed by atoms with Gasteiger partial charge in [-0.1, -0.05) is 48.5 Å². The van der Waals surface area contributed by atoms with Gasteiger partial charge in [0.15, 0.2) is 5.72 Å². The molecule has 3 aliphatic rings. The van der Waals surface area contributed by atoms with Gasteiger partial charge >= 0.3 is 0 Å². The molecule has 3 aromatic rings. The third-order valence-electron chi connectivity index (χ3n) is 6.98. The topological polar surface area (TPSA) is 53.0 Å². The first kappa shape index (κ1) is 17.9. The van der Waals surface area contributed by atoms with Crippen LogP contribution in [0.3, 0.4) is 0 Å². The molecule has 0 radical (unpaired) electrons. The highest BCUT2D eigenvalue weighted by atomic mass is 16.5. The van der Waals surface area contributed by atoms with E-state index < -0.39 is 5.72 Å². The Hall–Kier alpha value is -2.89. The minimum Gasteiger partial charge on any atom is -0.508 e. The van der Waals surface area contributed by atoms with Crippen molar-refractivity contribution < 1.29 is 14.6 Å². The second-order valence-corrected chi connectivity index (χ2v) is 8.67. The van der Waals surface area contributed by atoms with Crippen LogP contribution in [0.15, 0.2) is 66.7 Å². The van der Waals surface area contributed by atoms with E-state index >= 15 is 0 Å². The summed E-state index contributed by atoms with van der Waals surface area (Å²) < 4.78 is 6.64. The van der Waals surface area contributed by atoms with Crippen LogP contribution in [-0.4, -0.2) is 45.7 Å². The molecule has 0 unspecified atom stereocenters. The van der Waals surface area contributed by atoms with E-state index in [1.165, 1.54) is 5.56 Å². The maximum absolute atomic E-state index is 12.8. The Labute approximate surface area is 175 Å². The summed E-state index contributed by atoms with van der Waals surface area (Å²) in [6, 6.07) is 22.1. The number of fused-ring (bicyclic) bond motifs is 1. The Kier molecular flexibility index (Phi) is 3.92. The Morgan fingerprint density at radius 1 is 1.03 bits per heavy atom. The normalized spacial score (nSPS) is 28.3. The van der Waals surface area contributed by atoms with Gasteiger partial charge in [0, 0.05) is 25.9 Å². The summed E-state index contributed by atoms with van der Waals surface area (Å²) in [5.74, 6) is 0.491. The zero-order valence-corrected chi connectivity index (χ0v) is 16.7. The number of hydrogen-bond donors (Lipinski definition) is 1. The molecule has 5 heteroatoms. The van der Waals surface area contributed by atoms with E-state index in [0.717, 1.165) is 35.8 Å². The monoisotopic (exact) mass is 400 g/mol. The van der Waals surface area contributed by atoms with Crippen molar-refractivity contribution >= 4 is 16.7 Å². The smallest absolute Gasteiger partial charge is 0.226 e. The van der Waals surface area contributed by atoms with E-state index in [-0.39, 0.29) is 23.8 Å². The van der Waals surface area contributed by atoms with Crippen LogP contribution in [0, 0.1) is 0 Å². The lowest BCUT2D eigenvalue weighted by Crippen LogP contribution is -2.47. The molecule has 3 saturated heterocycles. The molecule has 3 fully saturated rings. The Bertz CT molecular complexity index is 1130. The molecule has 3 aliphatic heterocycles. The van der Waals surface area contributed by atoms with Gasteiger partial charge in [-0.05, 0) is 40.1 Å². The molecule has 0 saturated carbocycles. The van der Waals surface area contributed by atoms with Crippen molar-refractivity contribution in [3.8, 4) is 5.75 Å². The van der Waals surface area contributed by atoms with Gasteiger partial charge in [0.1, 0.15) is 11.9 Å².